The fourth-order valence-electron chi connectivity index (χ4n) is 3.14. The highest BCUT2D eigenvalue weighted by Crippen LogP contribution is 2.26. The number of rotatable bonds is 14. The van der Waals surface area contributed by atoms with Crippen LogP contribution in [0.15, 0.2) is 12.2 Å². The van der Waals surface area contributed by atoms with Crippen LogP contribution in [0.5, 0.6) is 0 Å². The van der Waals surface area contributed by atoms with E-state index >= 15 is 0 Å². The lowest BCUT2D eigenvalue weighted by atomic mass is 9.86. The second-order valence-electron chi connectivity index (χ2n) is 7.70. The number of unbranched alkanes of at least 4 members (excludes halogenated alkanes) is 1. The Morgan fingerprint density at radius 3 is 2.00 bits per heavy atom. The van der Waals surface area contributed by atoms with Crippen molar-refractivity contribution >= 4 is 0 Å². The molecule has 0 bridgehead atoms. The predicted molar refractivity (Wildman–Crippen MR) is 102 cm³/mol. The third-order valence-electron chi connectivity index (χ3n) is 4.78. The molecule has 0 aromatic heterocycles. The molecule has 0 aromatic rings. The van der Waals surface area contributed by atoms with E-state index in [9.17, 15) is 0 Å². The predicted octanol–water partition coefficient (Wildman–Crippen LogP) is 6.69. The lowest BCUT2D eigenvalue weighted by Crippen LogP contribution is -2.32. The first kappa shape index (κ1) is 21.7. The van der Waals surface area contributed by atoms with Gasteiger partial charge in [-0.05, 0) is 70.9 Å². The van der Waals surface area contributed by atoms with Crippen LogP contribution >= 0.6 is 0 Å². The van der Waals surface area contributed by atoms with Crippen LogP contribution in [0.25, 0.3) is 0 Å². The molecule has 0 N–H and O–H groups in total. The first-order valence-corrected chi connectivity index (χ1v) is 9.83. The molecule has 0 amide bonds. The van der Waals surface area contributed by atoms with Gasteiger partial charge in [0.1, 0.15) is 0 Å². The maximum atomic E-state index is 4.44. The summed E-state index contributed by atoms with van der Waals surface area (Å²) in [6.45, 7) is 20.8. The Bertz CT molecular complexity index is 267. The second-order valence-corrected chi connectivity index (χ2v) is 7.70. The lowest BCUT2D eigenvalue weighted by Gasteiger charge is -2.27. The molecule has 1 heteroatoms. The quantitative estimate of drug-likeness (QED) is 0.323. The molecule has 0 aliphatic heterocycles. The molecule has 0 saturated carbocycles. The average molecular weight is 310 g/mol. The Hall–Kier alpha value is -0.300. The molecular formula is C21H43N. The zero-order chi connectivity index (χ0) is 17.0. The smallest absolute Gasteiger partial charge is 0.00385 e. The third kappa shape index (κ3) is 10.4. The lowest BCUT2D eigenvalue weighted by molar-refractivity contribution is 0.215. The van der Waals surface area contributed by atoms with Gasteiger partial charge in [-0.1, -0.05) is 59.1 Å². The molecular weight excluding hydrogens is 266 g/mol. The van der Waals surface area contributed by atoms with Crippen LogP contribution in [0.2, 0.25) is 0 Å². The number of hydrogen-bond acceptors (Lipinski definition) is 1. The summed E-state index contributed by atoms with van der Waals surface area (Å²) in [5, 5.41) is 0. The van der Waals surface area contributed by atoms with E-state index in [2.05, 4.69) is 53.0 Å². The van der Waals surface area contributed by atoms with E-state index in [1.54, 1.807) is 0 Å². The van der Waals surface area contributed by atoms with Crippen LogP contribution in [0.1, 0.15) is 92.9 Å². The van der Waals surface area contributed by atoms with Crippen LogP contribution in [0.4, 0.5) is 0 Å². The molecule has 0 aromatic carbocycles. The molecule has 1 atom stereocenters. The SMILES string of the molecule is C=C(CCCN(CCCC)C(C)C)C(CCC)CCC(C)C. The maximum Gasteiger partial charge on any atom is 0.00385 e. The monoisotopic (exact) mass is 309 g/mol. The van der Waals surface area contributed by atoms with Gasteiger partial charge in [0.25, 0.3) is 0 Å². The minimum Gasteiger partial charge on any atom is -0.301 e. The van der Waals surface area contributed by atoms with Crippen LogP contribution in [0, 0.1) is 11.8 Å². The van der Waals surface area contributed by atoms with E-state index in [1.165, 1.54) is 70.0 Å². The minimum atomic E-state index is 0.673. The van der Waals surface area contributed by atoms with E-state index in [1.807, 2.05) is 0 Å². The summed E-state index contributed by atoms with van der Waals surface area (Å²) in [6.07, 6.45) is 10.4. The summed E-state index contributed by atoms with van der Waals surface area (Å²) in [5.74, 6) is 1.58. The van der Waals surface area contributed by atoms with Crippen LogP contribution in [-0.2, 0) is 0 Å². The molecule has 1 unspecified atom stereocenters. The molecule has 0 fully saturated rings. The van der Waals surface area contributed by atoms with Crippen LogP contribution in [0.3, 0.4) is 0 Å². The number of allylic oxidation sites excluding steroid dienone is 1. The van der Waals surface area contributed by atoms with Crippen molar-refractivity contribution < 1.29 is 0 Å². The number of hydrogen-bond donors (Lipinski definition) is 0. The average Bonchev–Trinajstić information content (AvgIpc) is 2.46. The van der Waals surface area contributed by atoms with Crippen molar-refractivity contribution in [2.24, 2.45) is 11.8 Å². The Balaban J connectivity index is 4.19. The van der Waals surface area contributed by atoms with E-state index in [0.29, 0.717) is 6.04 Å². The molecule has 0 aliphatic rings. The van der Waals surface area contributed by atoms with Gasteiger partial charge in [-0.15, -0.1) is 0 Å². The highest BCUT2D eigenvalue weighted by atomic mass is 15.1. The largest absolute Gasteiger partial charge is 0.301 e. The molecule has 1 nitrogen and oxygen atoms in total. The second kappa shape index (κ2) is 13.2. The van der Waals surface area contributed by atoms with Crippen molar-refractivity contribution in [1.82, 2.24) is 4.90 Å². The molecule has 22 heavy (non-hydrogen) atoms. The Morgan fingerprint density at radius 2 is 1.50 bits per heavy atom. The van der Waals surface area contributed by atoms with Crippen molar-refractivity contribution in [1.29, 1.82) is 0 Å². The van der Waals surface area contributed by atoms with Gasteiger partial charge in [-0.3, -0.25) is 0 Å². The zero-order valence-corrected chi connectivity index (χ0v) is 16.5. The van der Waals surface area contributed by atoms with Gasteiger partial charge in [-0.25, -0.2) is 0 Å². The normalized spacial score (nSPS) is 13.3. The maximum absolute atomic E-state index is 4.44. The molecule has 0 aliphatic carbocycles. The zero-order valence-electron chi connectivity index (χ0n) is 16.5. The van der Waals surface area contributed by atoms with E-state index in [-0.39, 0.29) is 0 Å². The van der Waals surface area contributed by atoms with E-state index in [0.717, 1.165) is 11.8 Å². The van der Waals surface area contributed by atoms with Gasteiger partial charge in [0.2, 0.25) is 0 Å². The van der Waals surface area contributed by atoms with E-state index in [4.69, 9.17) is 0 Å². The highest BCUT2D eigenvalue weighted by molar-refractivity contribution is 5.00. The fourth-order valence-corrected chi connectivity index (χ4v) is 3.14. The molecule has 0 spiro atoms. The molecule has 132 valence electrons. The van der Waals surface area contributed by atoms with E-state index < -0.39 is 0 Å². The van der Waals surface area contributed by atoms with Crippen molar-refractivity contribution in [2.75, 3.05) is 13.1 Å². The van der Waals surface area contributed by atoms with Crippen molar-refractivity contribution in [3.05, 3.63) is 12.2 Å². The van der Waals surface area contributed by atoms with Crippen LogP contribution in [-0.4, -0.2) is 24.0 Å². The fraction of sp³-hybridized carbons (Fsp3) is 0.905. The standard InChI is InChI=1S/C21H43N/c1-8-10-16-22(19(5)6)17-11-13-20(7)21(12-9-2)15-14-18(3)4/h18-19,21H,7-17H2,1-6H3. The molecule has 0 radical (unpaired) electrons. The van der Waals surface area contributed by atoms with Gasteiger partial charge in [0.15, 0.2) is 0 Å². The van der Waals surface area contributed by atoms with Gasteiger partial charge < -0.3 is 4.90 Å². The Morgan fingerprint density at radius 1 is 0.864 bits per heavy atom. The van der Waals surface area contributed by atoms with Crippen molar-refractivity contribution in [3.8, 4) is 0 Å². The first-order valence-electron chi connectivity index (χ1n) is 9.83. The third-order valence-corrected chi connectivity index (χ3v) is 4.78. The summed E-state index contributed by atoms with van der Waals surface area (Å²) in [5.41, 5.74) is 1.52. The van der Waals surface area contributed by atoms with Crippen molar-refractivity contribution in [2.45, 2.75) is 99.0 Å². The first-order chi connectivity index (χ1) is 10.4. The summed E-state index contributed by atoms with van der Waals surface area (Å²) >= 11 is 0. The van der Waals surface area contributed by atoms with Gasteiger partial charge >= 0.3 is 0 Å². The minimum absolute atomic E-state index is 0.673. The summed E-state index contributed by atoms with van der Waals surface area (Å²) in [7, 11) is 0. The summed E-state index contributed by atoms with van der Waals surface area (Å²) < 4.78 is 0. The Labute approximate surface area is 141 Å². The highest BCUT2D eigenvalue weighted by Gasteiger charge is 2.14. The topological polar surface area (TPSA) is 3.24 Å². The molecule has 0 heterocycles. The summed E-state index contributed by atoms with van der Waals surface area (Å²) in [6, 6.07) is 0.673. The van der Waals surface area contributed by atoms with Crippen LogP contribution < -0.4 is 0 Å². The van der Waals surface area contributed by atoms with Gasteiger partial charge in [0.05, 0.1) is 0 Å². The Kier molecular flexibility index (Phi) is 13.0. The molecule has 0 saturated heterocycles. The molecule has 0 rings (SSSR count). The number of nitrogens with zero attached hydrogens (tertiary/aromatic N) is 1. The van der Waals surface area contributed by atoms with Gasteiger partial charge in [0, 0.05) is 6.04 Å². The summed E-state index contributed by atoms with van der Waals surface area (Å²) in [4.78, 5) is 2.64. The van der Waals surface area contributed by atoms with Gasteiger partial charge in [-0.2, -0.15) is 0 Å². The van der Waals surface area contributed by atoms with Crippen molar-refractivity contribution in [3.63, 3.8) is 0 Å².